The van der Waals surface area contributed by atoms with Crippen LogP contribution in [0.25, 0.3) is 0 Å². The summed E-state index contributed by atoms with van der Waals surface area (Å²) in [7, 11) is 0. The maximum absolute atomic E-state index is 11.7. The molecule has 2 fully saturated rings. The quantitative estimate of drug-likeness (QED) is 0.776. The van der Waals surface area contributed by atoms with Crippen LogP contribution in [-0.4, -0.2) is 24.4 Å². The maximum Gasteiger partial charge on any atom is 0.239 e. The number of carbonyl (C=O) groups excluding carboxylic acids is 2. The van der Waals surface area contributed by atoms with Crippen molar-refractivity contribution in [3.63, 3.8) is 0 Å². The lowest BCUT2D eigenvalue weighted by Gasteiger charge is -2.13. The number of hydrogen-bond donors (Lipinski definition) is 2. The first-order valence-corrected chi connectivity index (χ1v) is 6.83. The molecule has 0 heterocycles. The molecule has 96 valence electrons. The first-order chi connectivity index (χ1) is 8.25. The molecule has 0 spiro atoms. The van der Waals surface area contributed by atoms with Crippen molar-refractivity contribution in [3.05, 3.63) is 0 Å². The van der Waals surface area contributed by atoms with E-state index >= 15 is 0 Å². The molecule has 0 aromatic heterocycles. The van der Waals surface area contributed by atoms with Crippen molar-refractivity contribution >= 4 is 11.8 Å². The van der Waals surface area contributed by atoms with E-state index in [1.165, 1.54) is 12.8 Å². The van der Waals surface area contributed by atoms with Crippen LogP contribution in [0.3, 0.4) is 0 Å². The summed E-state index contributed by atoms with van der Waals surface area (Å²) in [6.45, 7) is 0.145. The smallest absolute Gasteiger partial charge is 0.239 e. The Balaban J connectivity index is 1.63. The topological polar surface area (TPSA) is 58.2 Å². The summed E-state index contributed by atoms with van der Waals surface area (Å²) in [5.41, 5.74) is 0. The molecule has 4 nitrogen and oxygen atoms in total. The Morgan fingerprint density at radius 3 is 2.18 bits per heavy atom. The van der Waals surface area contributed by atoms with Gasteiger partial charge in [0.2, 0.25) is 11.8 Å². The molecule has 2 amide bonds. The molecular weight excluding hydrogens is 216 g/mol. The second-order valence-corrected chi connectivity index (χ2v) is 5.25. The molecule has 2 saturated carbocycles. The third-order valence-electron chi connectivity index (χ3n) is 3.87. The molecule has 0 aliphatic heterocycles. The molecule has 2 N–H and O–H groups in total. The zero-order valence-corrected chi connectivity index (χ0v) is 10.3. The number of rotatable bonds is 4. The van der Waals surface area contributed by atoms with Crippen molar-refractivity contribution in [1.82, 2.24) is 10.6 Å². The van der Waals surface area contributed by atoms with Gasteiger partial charge in [0, 0.05) is 12.0 Å². The summed E-state index contributed by atoms with van der Waals surface area (Å²) in [4.78, 5) is 23.3. The second kappa shape index (κ2) is 6.03. The van der Waals surface area contributed by atoms with E-state index < -0.39 is 0 Å². The molecule has 0 unspecified atom stereocenters. The van der Waals surface area contributed by atoms with Gasteiger partial charge in [-0.15, -0.1) is 0 Å². The van der Waals surface area contributed by atoms with Gasteiger partial charge in [-0.1, -0.05) is 25.7 Å². The minimum Gasteiger partial charge on any atom is -0.352 e. The average molecular weight is 238 g/mol. The molecule has 17 heavy (non-hydrogen) atoms. The lowest BCUT2D eigenvalue weighted by atomic mass is 10.1. The normalized spacial score (nSPS) is 21.6. The van der Waals surface area contributed by atoms with Gasteiger partial charge >= 0.3 is 0 Å². The van der Waals surface area contributed by atoms with Crippen molar-refractivity contribution in [2.75, 3.05) is 6.54 Å². The predicted octanol–water partition coefficient (Wildman–Crippen LogP) is 1.35. The van der Waals surface area contributed by atoms with Crippen LogP contribution in [-0.2, 0) is 9.59 Å². The molecule has 0 saturated heterocycles. The molecule has 2 rings (SSSR count). The van der Waals surface area contributed by atoms with Crippen LogP contribution in [0, 0.1) is 5.92 Å². The van der Waals surface area contributed by atoms with E-state index in [0.717, 1.165) is 38.5 Å². The molecular formula is C13H22N2O2. The Labute approximate surface area is 103 Å². The summed E-state index contributed by atoms with van der Waals surface area (Å²) in [5, 5.41) is 5.72. The van der Waals surface area contributed by atoms with Crippen LogP contribution in [0.15, 0.2) is 0 Å². The Hall–Kier alpha value is -1.06. The summed E-state index contributed by atoms with van der Waals surface area (Å²) in [6, 6.07) is 0.339. The van der Waals surface area contributed by atoms with Gasteiger partial charge in [0.05, 0.1) is 6.54 Å². The van der Waals surface area contributed by atoms with Crippen LogP contribution >= 0.6 is 0 Å². The van der Waals surface area contributed by atoms with Gasteiger partial charge in [0.15, 0.2) is 0 Å². The summed E-state index contributed by atoms with van der Waals surface area (Å²) >= 11 is 0. The molecule has 4 heteroatoms. The van der Waals surface area contributed by atoms with Gasteiger partial charge in [-0.05, 0) is 25.7 Å². The minimum absolute atomic E-state index is 0.0387. The Bertz CT molecular complexity index is 279. The number of hydrogen-bond acceptors (Lipinski definition) is 2. The number of nitrogens with one attached hydrogen (secondary N) is 2. The van der Waals surface area contributed by atoms with E-state index in [-0.39, 0.29) is 24.3 Å². The minimum atomic E-state index is -0.0387. The highest BCUT2D eigenvalue weighted by atomic mass is 16.2. The maximum atomic E-state index is 11.7. The highest BCUT2D eigenvalue weighted by Gasteiger charge is 2.23. The lowest BCUT2D eigenvalue weighted by Crippen LogP contribution is -2.42. The van der Waals surface area contributed by atoms with Crippen LogP contribution in [0.1, 0.15) is 51.4 Å². The third-order valence-corrected chi connectivity index (χ3v) is 3.87. The second-order valence-electron chi connectivity index (χ2n) is 5.25. The first-order valence-electron chi connectivity index (χ1n) is 6.83. The largest absolute Gasteiger partial charge is 0.352 e. The van der Waals surface area contributed by atoms with Gasteiger partial charge in [0.1, 0.15) is 0 Å². The Morgan fingerprint density at radius 1 is 0.941 bits per heavy atom. The summed E-state index contributed by atoms with van der Waals surface area (Å²) < 4.78 is 0. The third kappa shape index (κ3) is 3.72. The predicted molar refractivity (Wildman–Crippen MR) is 65.4 cm³/mol. The van der Waals surface area contributed by atoms with Gasteiger partial charge in [-0.2, -0.15) is 0 Å². The van der Waals surface area contributed by atoms with E-state index in [1.807, 2.05) is 0 Å². The highest BCUT2D eigenvalue weighted by Crippen LogP contribution is 2.24. The van der Waals surface area contributed by atoms with Crippen molar-refractivity contribution in [3.8, 4) is 0 Å². The molecule has 0 atom stereocenters. The fraction of sp³-hybridized carbons (Fsp3) is 0.846. The van der Waals surface area contributed by atoms with Crippen LogP contribution in [0.5, 0.6) is 0 Å². The lowest BCUT2D eigenvalue weighted by molar-refractivity contribution is -0.128. The van der Waals surface area contributed by atoms with Crippen LogP contribution < -0.4 is 10.6 Å². The fourth-order valence-corrected chi connectivity index (χ4v) is 2.85. The SMILES string of the molecule is O=C(CNC(=O)C1CCCC1)NC1CCCC1. The molecule has 0 aromatic rings. The molecule has 2 aliphatic carbocycles. The molecule has 0 radical (unpaired) electrons. The Kier molecular flexibility index (Phi) is 4.40. The van der Waals surface area contributed by atoms with Crippen LogP contribution in [0.4, 0.5) is 0 Å². The van der Waals surface area contributed by atoms with Gasteiger partial charge in [-0.3, -0.25) is 9.59 Å². The number of carbonyl (C=O) groups is 2. The molecule has 0 aromatic carbocycles. The van der Waals surface area contributed by atoms with E-state index in [9.17, 15) is 9.59 Å². The van der Waals surface area contributed by atoms with Crippen molar-refractivity contribution in [2.45, 2.75) is 57.4 Å². The van der Waals surface area contributed by atoms with Crippen LogP contribution in [0.2, 0.25) is 0 Å². The first kappa shape index (κ1) is 12.4. The van der Waals surface area contributed by atoms with E-state index in [1.54, 1.807) is 0 Å². The molecule has 2 aliphatic rings. The van der Waals surface area contributed by atoms with E-state index in [2.05, 4.69) is 10.6 Å². The number of amides is 2. The summed E-state index contributed by atoms with van der Waals surface area (Å²) in [5.74, 6) is 0.168. The monoisotopic (exact) mass is 238 g/mol. The van der Waals surface area contributed by atoms with Gasteiger partial charge < -0.3 is 10.6 Å². The van der Waals surface area contributed by atoms with E-state index in [4.69, 9.17) is 0 Å². The van der Waals surface area contributed by atoms with Crippen molar-refractivity contribution in [2.24, 2.45) is 5.92 Å². The van der Waals surface area contributed by atoms with E-state index in [0.29, 0.717) is 6.04 Å². The van der Waals surface area contributed by atoms with Gasteiger partial charge in [0.25, 0.3) is 0 Å². The molecule has 0 bridgehead atoms. The zero-order chi connectivity index (χ0) is 12.1. The van der Waals surface area contributed by atoms with Crippen molar-refractivity contribution in [1.29, 1.82) is 0 Å². The Morgan fingerprint density at radius 2 is 1.53 bits per heavy atom. The average Bonchev–Trinajstić information content (AvgIpc) is 2.97. The zero-order valence-electron chi connectivity index (χ0n) is 10.3. The fourth-order valence-electron chi connectivity index (χ4n) is 2.85. The van der Waals surface area contributed by atoms with Crippen molar-refractivity contribution < 1.29 is 9.59 Å². The standard InChI is InChI=1S/C13H22N2O2/c16-12(15-11-7-3-4-8-11)9-14-13(17)10-5-1-2-6-10/h10-11H,1-9H2,(H,14,17)(H,15,16). The highest BCUT2D eigenvalue weighted by molar-refractivity contribution is 5.86. The summed E-state index contributed by atoms with van der Waals surface area (Å²) in [6.07, 6.45) is 8.84. The van der Waals surface area contributed by atoms with Gasteiger partial charge in [-0.25, -0.2) is 0 Å².